The van der Waals surface area contributed by atoms with Crippen molar-refractivity contribution in [3.05, 3.63) is 65.1 Å². The average molecular weight is 356 g/mol. The number of hydrogen-bond donors (Lipinski definition) is 0. The number of carbonyl (C=O) groups is 1. The summed E-state index contributed by atoms with van der Waals surface area (Å²) in [5, 5.41) is 1.49. The van der Waals surface area contributed by atoms with Gasteiger partial charge in [-0.15, -0.1) is 0 Å². The van der Waals surface area contributed by atoms with Crippen LogP contribution in [0.4, 0.5) is 0 Å². The molecule has 0 aliphatic carbocycles. The van der Waals surface area contributed by atoms with Crippen LogP contribution in [0.15, 0.2) is 53.2 Å². The van der Waals surface area contributed by atoms with E-state index >= 15 is 0 Å². The highest BCUT2D eigenvalue weighted by Gasteiger charge is 2.24. The number of halogens is 1. The molecule has 1 fully saturated rings. The topological polar surface area (TPSA) is 49.6 Å². The zero-order valence-corrected chi connectivity index (χ0v) is 14.4. The molecular weight excluding hydrogens is 338 g/mol. The number of carbonyl (C=O) groups excluding carboxylic acids is 1. The molecule has 3 heterocycles. The molecule has 3 aromatic rings. The van der Waals surface area contributed by atoms with Crippen molar-refractivity contribution in [2.24, 2.45) is 0 Å². The summed E-state index contributed by atoms with van der Waals surface area (Å²) in [6, 6.07) is 11.2. The minimum Gasteiger partial charge on any atom is -0.451 e. The molecule has 6 heteroatoms. The summed E-state index contributed by atoms with van der Waals surface area (Å²) in [5.74, 6) is 0.315. The fourth-order valence-electron chi connectivity index (χ4n) is 3.13. The number of hydrogen-bond acceptors (Lipinski definition) is 4. The van der Waals surface area contributed by atoms with Gasteiger partial charge in [0.05, 0.1) is 0 Å². The van der Waals surface area contributed by atoms with Crippen molar-refractivity contribution >= 4 is 28.5 Å². The van der Waals surface area contributed by atoms with Crippen LogP contribution in [0.3, 0.4) is 0 Å². The Kier molecular flexibility index (Phi) is 4.42. The second-order valence-electron chi connectivity index (χ2n) is 6.22. The van der Waals surface area contributed by atoms with E-state index in [-0.39, 0.29) is 5.91 Å². The Bertz CT molecular complexity index is 886. The van der Waals surface area contributed by atoms with Gasteiger partial charge in [0, 0.05) is 55.5 Å². The van der Waals surface area contributed by atoms with Gasteiger partial charge in [-0.25, -0.2) is 0 Å². The predicted molar refractivity (Wildman–Crippen MR) is 96.6 cm³/mol. The lowest BCUT2D eigenvalue weighted by Gasteiger charge is -2.34. The van der Waals surface area contributed by atoms with E-state index in [1.807, 2.05) is 35.5 Å². The molecule has 1 saturated heterocycles. The van der Waals surface area contributed by atoms with Gasteiger partial charge in [-0.3, -0.25) is 14.7 Å². The summed E-state index contributed by atoms with van der Waals surface area (Å²) in [4.78, 5) is 20.9. The first kappa shape index (κ1) is 16.1. The third-order valence-electron chi connectivity index (χ3n) is 4.50. The maximum absolute atomic E-state index is 12.7. The third kappa shape index (κ3) is 3.52. The van der Waals surface area contributed by atoms with Gasteiger partial charge in [0.2, 0.25) is 0 Å². The van der Waals surface area contributed by atoms with E-state index in [1.165, 1.54) is 5.56 Å². The van der Waals surface area contributed by atoms with Gasteiger partial charge >= 0.3 is 0 Å². The molecule has 0 spiro atoms. The van der Waals surface area contributed by atoms with Crippen molar-refractivity contribution in [2.75, 3.05) is 26.2 Å². The quantitative estimate of drug-likeness (QED) is 0.722. The van der Waals surface area contributed by atoms with Gasteiger partial charge in [-0.1, -0.05) is 11.6 Å². The van der Waals surface area contributed by atoms with E-state index in [9.17, 15) is 4.79 Å². The van der Waals surface area contributed by atoms with E-state index < -0.39 is 0 Å². The molecule has 0 bridgehead atoms. The van der Waals surface area contributed by atoms with Crippen LogP contribution >= 0.6 is 11.6 Å². The van der Waals surface area contributed by atoms with Crippen molar-refractivity contribution in [2.45, 2.75) is 6.54 Å². The van der Waals surface area contributed by atoms with Crippen LogP contribution in [0.5, 0.6) is 0 Å². The largest absolute Gasteiger partial charge is 0.451 e. The van der Waals surface area contributed by atoms with Gasteiger partial charge in [0.25, 0.3) is 5.91 Å². The van der Waals surface area contributed by atoms with Crippen molar-refractivity contribution in [1.82, 2.24) is 14.8 Å². The number of aromatic nitrogens is 1. The number of furan rings is 1. The standard InChI is InChI=1S/C19H18ClN3O2/c20-16-1-2-17-15(11-16)12-18(25-17)19(24)23-9-7-22(8-10-23)13-14-3-5-21-6-4-14/h1-6,11-12H,7-10,13H2. The highest BCUT2D eigenvalue weighted by Crippen LogP contribution is 2.24. The van der Waals surface area contributed by atoms with Crippen LogP contribution in [0.1, 0.15) is 16.1 Å². The molecule has 1 amide bonds. The van der Waals surface area contributed by atoms with Crippen molar-refractivity contribution in [1.29, 1.82) is 0 Å². The van der Waals surface area contributed by atoms with E-state index in [0.29, 0.717) is 29.5 Å². The Balaban J connectivity index is 1.40. The Labute approximate surface area is 150 Å². The summed E-state index contributed by atoms with van der Waals surface area (Å²) < 4.78 is 5.69. The number of fused-ring (bicyclic) bond motifs is 1. The van der Waals surface area contributed by atoms with Crippen molar-refractivity contribution in [3.8, 4) is 0 Å². The second-order valence-corrected chi connectivity index (χ2v) is 6.65. The van der Waals surface area contributed by atoms with Crippen LogP contribution in [0.2, 0.25) is 5.02 Å². The maximum Gasteiger partial charge on any atom is 0.289 e. The van der Waals surface area contributed by atoms with Crippen LogP contribution in [-0.2, 0) is 6.54 Å². The number of benzene rings is 1. The smallest absolute Gasteiger partial charge is 0.289 e. The Hall–Kier alpha value is -2.37. The average Bonchev–Trinajstić information content (AvgIpc) is 3.06. The van der Waals surface area contributed by atoms with Gasteiger partial charge in [-0.2, -0.15) is 0 Å². The molecule has 1 aliphatic rings. The number of nitrogens with zero attached hydrogens (tertiary/aromatic N) is 3. The zero-order valence-electron chi connectivity index (χ0n) is 13.7. The first-order valence-electron chi connectivity index (χ1n) is 8.29. The lowest BCUT2D eigenvalue weighted by Crippen LogP contribution is -2.48. The minimum absolute atomic E-state index is 0.0594. The molecule has 1 aliphatic heterocycles. The summed E-state index contributed by atoms with van der Waals surface area (Å²) in [7, 11) is 0. The summed E-state index contributed by atoms with van der Waals surface area (Å²) in [6.45, 7) is 3.97. The first-order valence-corrected chi connectivity index (χ1v) is 8.66. The van der Waals surface area contributed by atoms with E-state index in [1.54, 1.807) is 18.2 Å². The normalized spacial score (nSPS) is 15.6. The first-order chi connectivity index (χ1) is 12.2. The highest BCUT2D eigenvalue weighted by atomic mass is 35.5. The monoisotopic (exact) mass is 355 g/mol. The third-order valence-corrected chi connectivity index (χ3v) is 4.74. The maximum atomic E-state index is 12.7. The SMILES string of the molecule is O=C(c1cc2cc(Cl)ccc2o1)N1CCN(Cc2ccncc2)CC1. The molecule has 2 aromatic heterocycles. The molecule has 1 aromatic carbocycles. The second kappa shape index (κ2) is 6.86. The van der Waals surface area contributed by atoms with E-state index in [4.69, 9.17) is 16.0 Å². The van der Waals surface area contributed by atoms with Crippen LogP contribution < -0.4 is 0 Å². The molecule has 0 N–H and O–H groups in total. The van der Waals surface area contributed by atoms with Crippen LogP contribution in [0, 0.1) is 0 Å². The Morgan fingerprint density at radius 3 is 2.60 bits per heavy atom. The molecule has 0 atom stereocenters. The van der Waals surface area contributed by atoms with Crippen molar-refractivity contribution in [3.63, 3.8) is 0 Å². The zero-order chi connectivity index (χ0) is 17.2. The van der Waals surface area contributed by atoms with Crippen molar-refractivity contribution < 1.29 is 9.21 Å². The Morgan fingerprint density at radius 2 is 1.84 bits per heavy atom. The molecule has 0 saturated carbocycles. The van der Waals surface area contributed by atoms with Gasteiger partial charge in [0.1, 0.15) is 5.58 Å². The van der Waals surface area contributed by atoms with Gasteiger partial charge in [-0.05, 0) is 42.0 Å². The highest BCUT2D eigenvalue weighted by molar-refractivity contribution is 6.31. The fraction of sp³-hybridized carbons (Fsp3) is 0.263. The fourth-order valence-corrected chi connectivity index (χ4v) is 3.31. The molecule has 5 nitrogen and oxygen atoms in total. The van der Waals surface area contributed by atoms with Gasteiger partial charge < -0.3 is 9.32 Å². The lowest BCUT2D eigenvalue weighted by molar-refractivity contribution is 0.0600. The number of pyridine rings is 1. The van der Waals surface area contributed by atoms with Crippen LogP contribution in [0.25, 0.3) is 11.0 Å². The molecule has 25 heavy (non-hydrogen) atoms. The Morgan fingerprint density at radius 1 is 1.08 bits per heavy atom. The molecular formula is C19H18ClN3O2. The minimum atomic E-state index is -0.0594. The number of piperazine rings is 1. The van der Waals surface area contributed by atoms with E-state index in [0.717, 1.165) is 25.0 Å². The molecule has 128 valence electrons. The summed E-state index contributed by atoms with van der Waals surface area (Å²) in [6.07, 6.45) is 3.62. The van der Waals surface area contributed by atoms with Gasteiger partial charge in [0.15, 0.2) is 5.76 Å². The molecule has 0 radical (unpaired) electrons. The van der Waals surface area contributed by atoms with Crippen LogP contribution in [-0.4, -0.2) is 46.9 Å². The molecule has 0 unspecified atom stereocenters. The summed E-state index contributed by atoms with van der Waals surface area (Å²) in [5.41, 5.74) is 1.92. The molecule has 4 rings (SSSR count). The van der Waals surface area contributed by atoms with E-state index in [2.05, 4.69) is 9.88 Å². The number of amides is 1. The predicted octanol–water partition coefficient (Wildman–Crippen LogP) is 3.44. The lowest BCUT2D eigenvalue weighted by atomic mass is 10.2. The number of rotatable bonds is 3. The summed E-state index contributed by atoms with van der Waals surface area (Å²) >= 11 is 5.99.